The maximum absolute atomic E-state index is 5.34. The molecule has 1 heterocycles. The second kappa shape index (κ2) is 5.07. The Labute approximate surface area is 98.2 Å². The summed E-state index contributed by atoms with van der Waals surface area (Å²) in [5, 5.41) is 9.19. The Morgan fingerprint density at radius 2 is 2.13 bits per heavy atom. The second-order valence-corrected chi connectivity index (χ2v) is 4.27. The first-order chi connectivity index (χ1) is 7.36. The monoisotopic (exact) mass is 273 g/mol. The molecule has 0 spiro atoms. The number of aromatic nitrogens is 3. The summed E-state index contributed by atoms with van der Waals surface area (Å²) < 4.78 is 7.61. The van der Waals surface area contributed by atoms with E-state index in [-0.39, 0.29) is 0 Å². The van der Waals surface area contributed by atoms with Gasteiger partial charge in [-0.1, -0.05) is 15.9 Å². The highest BCUT2D eigenvalue weighted by Gasteiger charge is 2.28. The summed E-state index contributed by atoms with van der Waals surface area (Å²) in [5.74, 6) is 2.12. The van der Waals surface area contributed by atoms with Gasteiger partial charge in [-0.15, -0.1) is 10.2 Å². The highest BCUT2D eigenvalue weighted by molar-refractivity contribution is 9.08. The standard InChI is InChI=1S/C10H16BrN3O/c1-2-15-6-5-9-12-13-10(7-11)14(9)8-3-4-8/h8H,2-7H2,1H3. The zero-order chi connectivity index (χ0) is 10.7. The van der Waals surface area contributed by atoms with Crippen LogP contribution in [0.4, 0.5) is 0 Å². The second-order valence-electron chi connectivity index (χ2n) is 3.71. The molecule has 0 atom stereocenters. The molecule has 2 rings (SSSR count). The van der Waals surface area contributed by atoms with Gasteiger partial charge < -0.3 is 9.30 Å². The zero-order valence-electron chi connectivity index (χ0n) is 8.95. The summed E-state index contributed by atoms with van der Waals surface area (Å²) >= 11 is 3.45. The Hall–Kier alpha value is -0.420. The summed E-state index contributed by atoms with van der Waals surface area (Å²) in [7, 11) is 0. The van der Waals surface area contributed by atoms with Crippen molar-refractivity contribution in [3.63, 3.8) is 0 Å². The molecule has 0 unspecified atom stereocenters. The number of rotatable bonds is 6. The maximum Gasteiger partial charge on any atom is 0.143 e. The van der Waals surface area contributed by atoms with E-state index < -0.39 is 0 Å². The van der Waals surface area contributed by atoms with Crippen molar-refractivity contribution >= 4 is 15.9 Å². The number of nitrogens with zero attached hydrogens (tertiary/aromatic N) is 3. The van der Waals surface area contributed by atoms with Crippen LogP contribution in [-0.4, -0.2) is 28.0 Å². The normalized spacial score (nSPS) is 15.9. The maximum atomic E-state index is 5.34. The van der Waals surface area contributed by atoms with E-state index in [2.05, 4.69) is 30.7 Å². The third-order valence-electron chi connectivity index (χ3n) is 2.54. The molecule has 0 aromatic carbocycles. The zero-order valence-corrected chi connectivity index (χ0v) is 10.5. The molecular formula is C10H16BrN3O. The van der Waals surface area contributed by atoms with Crippen molar-refractivity contribution in [2.45, 2.75) is 37.6 Å². The number of ether oxygens (including phenoxy) is 1. The lowest BCUT2D eigenvalue weighted by Gasteiger charge is -2.07. The summed E-state index contributed by atoms with van der Waals surface area (Å²) in [5.41, 5.74) is 0. The van der Waals surface area contributed by atoms with Gasteiger partial charge in [-0.25, -0.2) is 0 Å². The highest BCUT2D eigenvalue weighted by Crippen LogP contribution is 2.37. The van der Waals surface area contributed by atoms with Gasteiger partial charge in [-0.05, 0) is 19.8 Å². The average Bonchev–Trinajstić information content (AvgIpc) is 3.00. The van der Waals surface area contributed by atoms with Gasteiger partial charge in [0.1, 0.15) is 11.6 Å². The molecule has 1 aliphatic rings. The first-order valence-electron chi connectivity index (χ1n) is 5.43. The molecule has 1 aromatic heterocycles. The van der Waals surface area contributed by atoms with Gasteiger partial charge >= 0.3 is 0 Å². The lowest BCUT2D eigenvalue weighted by atomic mass is 10.4. The van der Waals surface area contributed by atoms with Crippen molar-refractivity contribution in [1.29, 1.82) is 0 Å². The molecule has 84 valence electrons. The molecule has 0 N–H and O–H groups in total. The lowest BCUT2D eigenvalue weighted by Crippen LogP contribution is -2.08. The fraction of sp³-hybridized carbons (Fsp3) is 0.800. The van der Waals surface area contributed by atoms with Crippen molar-refractivity contribution in [2.24, 2.45) is 0 Å². The molecule has 0 amide bonds. The van der Waals surface area contributed by atoms with Crippen molar-refractivity contribution in [3.05, 3.63) is 11.6 Å². The molecule has 1 aromatic rings. The van der Waals surface area contributed by atoms with Gasteiger partial charge in [0.2, 0.25) is 0 Å². The fourth-order valence-electron chi connectivity index (χ4n) is 1.68. The first kappa shape index (κ1) is 11.1. The highest BCUT2D eigenvalue weighted by atomic mass is 79.9. The average molecular weight is 274 g/mol. The van der Waals surface area contributed by atoms with E-state index in [1.807, 2.05) is 6.92 Å². The molecule has 0 aliphatic heterocycles. The van der Waals surface area contributed by atoms with Gasteiger partial charge in [0.25, 0.3) is 0 Å². The van der Waals surface area contributed by atoms with Crippen molar-refractivity contribution in [1.82, 2.24) is 14.8 Å². The van der Waals surface area contributed by atoms with Crippen LogP contribution in [0.1, 0.15) is 37.5 Å². The quantitative estimate of drug-likeness (QED) is 0.589. The summed E-state index contributed by atoms with van der Waals surface area (Å²) in [6.45, 7) is 3.52. The Morgan fingerprint density at radius 1 is 1.40 bits per heavy atom. The van der Waals surface area contributed by atoms with E-state index in [9.17, 15) is 0 Å². The van der Waals surface area contributed by atoms with Crippen LogP contribution >= 0.6 is 15.9 Å². The largest absolute Gasteiger partial charge is 0.381 e. The van der Waals surface area contributed by atoms with Crippen LogP contribution in [0.3, 0.4) is 0 Å². The minimum atomic E-state index is 0.643. The molecule has 1 fully saturated rings. The minimum absolute atomic E-state index is 0.643. The summed E-state index contributed by atoms with van der Waals surface area (Å²) in [4.78, 5) is 0. The molecule has 1 saturated carbocycles. The topological polar surface area (TPSA) is 39.9 Å². The Bertz CT molecular complexity index is 322. The molecule has 5 heteroatoms. The molecule has 1 aliphatic carbocycles. The van der Waals surface area contributed by atoms with Gasteiger partial charge in [-0.2, -0.15) is 0 Å². The van der Waals surface area contributed by atoms with E-state index in [4.69, 9.17) is 4.74 Å². The molecule has 0 bridgehead atoms. The van der Waals surface area contributed by atoms with E-state index in [1.165, 1.54) is 12.8 Å². The number of hydrogen-bond donors (Lipinski definition) is 0. The van der Waals surface area contributed by atoms with Crippen LogP contribution in [0.5, 0.6) is 0 Å². The van der Waals surface area contributed by atoms with E-state index >= 15 is 0 Å². The fourth-order valence-corrected chi connectivity index (χ4v) is 2.07. The van der Waals surface area contributed by atoms with E-state index in [0.29, 0.717) is 6.04 Å². The SMILES string of the molecule is CCOCCc1nnc(CBr)n1C1CC1. The molecule has 4 nitrogen and oxygen atoms in total. The van der Waals surface area contributed by atoms with E-state index in [0.717, 1.165) is 36.6 Å². The Morgan fingerprint density at radius 3 is 2.73 bits per heavy atom. The van der Waals surface area contributed by atoms with Crippen LogP contribution in [0.2, 0.25) is 0 Å². The van der Waals surface area contributed by atoms with Crippen LogP contribution < -0.4 is 0 Å². The summed E-state index contributed by atoms with van der Waals surface area (Å²) in [6.07, 6.45) is 3.39. The molecule has 15 heavy (non-hydrogen) atoms. The van der Waals surface area contributed by atoms with Crippen molar-refractivity contribution in [2.75, 3.05) is 13.2 Å². The third-order valence-corrected chi connectivity index (χ3v) is 3.04. The molecular weight excluding hydrogens is 258 g/mol. The minimum Gasteiger partial charge on any atom is -0.381 e. The molecule has 0 radical (unpaired) electrons. The Kier molecular flexibility index (Phi) is 3.75. The Balaban J connectivity index is 2.05. The van der Waals surface area contributed by atoms with Crippen LogP contribution in [0.25, 0.3) is 0 Å². The lowest BCUT2D eigenvalue weighted by molar-refractivity contribution is 0.148. The van der Waals surface area contributed by atoms with Gasteiger partial charge in [-0.3, -0.25) is 0 Å². The van der Waals surface area contributed by atoms with Crippen molar-refractivity contribution < 1.29 is 4.74 Å². The predicted octanol–water partition coefficient (Wildman–Crippen LogP) is 2.09. The van der Waals surface area contributed by atoms with Crippen molar-refractivity contribution in [3.8, 4) is 0 Å². The predicted molar refractivity (Wildman–Crippen MR) is 61.1 cm³/mol. The van der Waals surface area contributed by atoms with Gasteiger partial charge in [0.05, 0.1) is 11.9 Å². The number of alkyl halides is 1. The van der Waals surface area contributed by atoms with Crippen LogP contribution in [-0.2, 0) is 16.5 Å². The van der Waals surface area contributed by atoms with Gasteiger partial charge in [0.15, 0.2) is 0 Å². The summed E-state index contributed by atoms with van der Waals surface area (Å²) in [6, 6.07) is 0.643. The number of hydrogen-bond acceptors (Lipinski definition) is 3. The number of halogens is 1. The first-order valence-corrected chi connectivity index (χ1v) is 6.55. The van der Waals surface area contributed by atoms with Crippen LogP contribution in [0.15, 0.2) is 0 Å². The third kappa shape index (κ3) is 2.58. The van der Waals surface area contributed by atoms with E-state index in [1.54, 1.807) is 0 Å². The molecule has 0 saturated heterocycles. The van der Waals surface area contributed by atoms with Gasteiger partial charge in [0, 0.05) is 19.1 Å². The smallest absolute Gasteiger partial charge is 0.143 e. The van der Waals surface area contributed by atoms with Crippen LogP contribution in [0, 0.1) is 0 Å².